The molecule has 0 N–H and O–H groups in total. The van der Waals surface area contributed by atoms with Crippen molar-refractivity contribution >= 4 is 0 Å². The zero-order valence-corrected chi connectivity index (χ0v) is 14.4. The first-order valence-corrected chi connectivity index (χ1v) is 8.45. The highest BCUT2D eigenvalue weighted by Gasteiger charge is 2.08. The van der Waals surface area contributed by atoms with E-state index in [2.05, 4.69) is 31.1 Å². The highest BCUT2D eigenvalue weighted by atomic mass is 16.5. The van der Waals surface area contributed by atoms with Crippen molar-refractivity contribution in [3.8, 4) is 5.88 Å². The molecule has 21 heavy (non-hydrogen) atoms. The lowest BCUT2D eigenvalue weighted by Gasteiger charge is -2.17. The van der Waals surface area contributed by atoms with Crippen LogP contribution in [-0.2, 0) is 6.54 Å². The molecule has 0 saturated carbocycles. The van der Waals surface area contributed by atoms with Gasteiger partial charge in [-0.3, -0.25) is 0 Å². The normalized spacial score (nSPS) is 11.8. The number of nitrogens with zero attached hydrogens (tertiary/aromatic N) is 3. The van der Waals surface area contributed by atoms with Crippen LogP contribution in [0.2, 0.25) is 0 Å². The summed E-state index contributed by atoms with van der Waals surface area (Å²) in [4.78, 5) is 0. The largest absolute Gasteiger partial charge is 0.479 e. The molecule has 1 aromatic rings. The Balaban J connectivity index is 1.86. The van der Waals surface area contributed by atoms with Crippen molar-refractivity contribution in [1.29, 1.82) is 0 Å². The Bertz CT molecular complexity index is 368. The van der Waals surface area contributed by atoms with Gasteiger partial charge in [-0.1, -0.05) is 76.0 Å². The van der Waals surface area contributed by atoms with Crippen LogP contribution < -0.4 is 4.74 Å². The second-order valence-electron chi connectivity index (χ2n) is 7.16. The van der Waals surface area contributed by atoms with E-state index in [4.69, 9.17) is 4.74 Å². The summed E-state index contributed by atoms with van der Waals surface area (Å²) in [6.07, 6.45) is 14.0. The van der Waals surface area contributed by atoms with Gasteiger partial charge in [0.2, 0.25) is 0 Å². The van der Waals surface area contributed by atoms with Crippen LogP contribution in [0, 0.1) is 5.41 Å². The zero-order chi connectivity index (χ0) is 15.6. The third-order valence-electron chi connectivity index (χ3n) is 3.79. The van der Waals surface area contributed by atoms with E-state index < -0.39 is 0 Å². The summed E-state index contributed by atoms with van der Waals surface area (Å²) in [5.41, 5.74) is 0.504. The van der Waals surface area contributed by atoms with Crippen LogP contribution in [0.15, 0.2) is 6.20 Å². The second kappa shape index (κ2) is 9.80. The van der Waals surface area contributed by atoms with Crippen LogP contribution in [0.4, 0.5) is 0 Å². The number of methoxy groups -OCH3 is 1. The first-order valence-electron chi connectivity index (χ1n) is 8.45. The Morgan fingerprint density at radius 3 is 2.05 bits per heavy atom. The van der Waals surface area contributed by atoms with Crippen molar-refractivity contribution < 1.29 is 4.74 Å². The average Bonchev–Trinajstić information content (AvgIpc) is 2.87. The van der Waals surface area contributed by atoms with Crippen molar-refractivity contribution in [3.05, 3.63) is 6.20 Å². The molecule has 0 radical (unpaired) electrons. The third kappa shape index (κ3) is 9.48. The lowest BCUT2D eigenvalue weighted by atomic mass is 9.89. The monoisotopic (exact) mass is 295 g/mol. The van der Waals surface area contributed by atoms with E-state index in [9.17, 15) is 0 Å². The smallest absolute Gasteiger partial charge is 0.253 e. The van der Waals surface area contributed by atoms with Gasteiger partial charge in [0.15, 0.2) is 0 Å². The van der Waals surface area contributed by atoms with Crippen molar-refractivity contribution in [2.45, 2.75) is 85.1 Å². The zero-order valence-electron chi connectivity index (χ0n) is 14.4. The number of ether oxygens (including phenoxy) is 1. The van der Waals surface area contributed by atoms with Crippen LogP contribution in [0.5, 0.6) is 5.88 Å². The van der Waals surface area contributed by atoms with Crippen LogP contribution in [0.1, 0.15) is 78.6 Å². The molecule has 4 heteroatoms. The minimum Gasteiger partial charge on any atom is -0.479 e. The van der Waals surface area contributed by atoms with Gasteiger partial charge < -0.3 is 4.74 Å². The van der Waals surface area contributed by atoms with Gasteiger partial charge in [0.1, 0.15) is 0 Å². The summed E-state index contributed by atoms with van der Waals surface area (Å²) in [6, 6.07) is 0. The molecule has 0 amide bonds. The van der Waals surface area contributed by atoms with E-state index in [1.54, 1.807) is 7.11 Å². The maximum atomic E-state index is 5.01. The van der Waals surface area contributed by atoms with E-state index in [0.717, 1.165) is 6.54 Å². The summed E-state index contributed by atoms with van der Waals surface area (Å²) >= 11 is 0. The molecular formula is C17H33N3O. The summed E-state index contributed by atoms with van der Waals surface area (Å²) in [5, 5.41) is 7.92. The van der Waals surface area contributed by atoms with Crippen molar-refractivity contribution in [2.24, 2.45) is 5.41 Å². The molecule has 0 aromatic carbocycles. The molecule has 0 atom stereocenters. The number of aromatic nitrogens is 3. The molecule has 0 aliphatic heterocycles. The number of hydrogen-bond donors (Lipinski definition) is 0. The number of aryl methyl sites for hydroxylation is 1. The van der Waals surface area contributed by atoms with Crippen molar-refractivity contribution in [1.82, 2.24) is 15.0 Å². The average molecular weight is 295 g/mol. The molecule has 1 heterocycles. The van der Waals surface area contributed by atoms with Gasteiger partial charge in [-0.05, 0) is 18.3 Å². The molecule has 0 unspecified atom stereocenters. The minimum absolute atomic E-state index is 0.504. The Morgan fingerprint density at radius 2 is 1.52 bits per heavy atom. The first-order chi connectivity index (χ1) is 10.0. The minimum atomic E-state index is 0.504. The number of rotatable bonds is 11. The number of hydrogen-bond acceptors (Lipinski definition) is 3. The number of unbranched alkanes of at least 4 members (excludes halogenated alkanes) is 7. The fraction of sp³-hybridized carbons (Fsp3) is 0.882. The first kappa shape index (κ1) is 18.0. The Morgan fingerprint density at radius 1 is 0.952 bits per heavy atom. The van der Waals surface area contributed by atoms with Gasteiger partial charge in [0, 0.05) is 6.54 Å². The van der Waals surface area contributed by atoms with Gasteiger partial charge in [0.05, 0.1) is 13.3 Å². The van der Waals surface area contributed by atoms with Gasteiger partial charge in [0.25, 0.3) is 5.88 Å². The molecule has 0 spiro atoms. The lowest BCUT2D eigenvalue weighted by molar-refractivity contribution is 0.356. The fourth-order valence-corrected chi connectivity index (χ4v) is 2.47. The predicted octanol–water partition coefficient (Wildman–Crippen LogP) is 4.84. The fourth-order valence-electron chi connectivity index (χ4n) is 2.47. The summed E-state index contributed by atoms with van der Waals surface area (Å²) in [6.45, 7) is 7.94. The van der Waals surface area contributed by atoms with Crippen LogP contribution in [0.3, 0.4) is 0 Å². The molecule has 0 aliphatic carbocycles. The maximum Gasteiger partial charge on any atom is 0.253 e. The van der Waals surface area contributed by atoms with Crippen LogP contribution in [-0.4, -0.2) is 22.1 Å². The van der Waals surface area contributed by atoms with Crippen LogP contribution >= 0.6 is 0 Å². The highest BCUT2D eigenvalue weighted by Crippen LogP contribution is 2.22. The molecule has 0 aliphatic rings. The summed E-state index contributed by atoms with van der Waals surface area (Å²) < 4.78 is 6.88. The third-order valence-corrected chi connectivity index (χ3v) is 3.79. The molecule has 0 bridgehead atoms. The Kier molecular flexibility index (Phi) is 8.40. The molecule has 1 aromatic heterocycles. The molecular weight excluding hydrogens is 262 g/mol. The maximum absolute atomic E-state index is 5.01. The second-order valence-corrected chi connectivity index (χ2v) is 7.16. The molecule has 122 valence electrons. The Hall–Kier alpha value is -1.06. The van der Waals surface area contributed by atoms with Gasteiger partial charge in [-0.15, -0.1) is 0 Å². The van der Waals surface area contributed by atoms with E-state index >= 15 is 0 Å². The summed E-state index contributed by atoms with van der Waals surface area (Å²) in [5.74, 6) is 0.602. The van der Waals surface area contributed by atoms with Crippen molar-refractivity contribution in [2.75, 3.05) is 7.11 Å². The predicted molar refractivity (Wildman–Crippen MR) is 87.6 cm³/mol. The highest BCUT2D eigenvalue weighted by molar-refractivity contribution is 4.98. The Labute approximate surface area is 130 Å². The van der Waals surface area contributed by atoms with E-state index in [1.807, 2.05) is 10.9 Å². The quantitative estimate of drug-likeness (QED) is 0.548. The van der Waals surface area contributed by atoms with E-state index in [1.165, 1.54) is 57.8 Å². The van der Waals surface area contributed by atoms with E-state index in [0.29, 0.717) is 11.3 Å². The van der Waals surface area contributed by atoms with Gasteiger partial charge in [-0.25, -0.2) is 4.68 Å². The lowest BCUT2D eigenvalue weighted by Crippen LogP contribution is -2.03. The SMILES string of the molecule is COc1cn(CCCCCCCCCCC(C)(C)C)nn1. The summed E-state index contributed by atoms with van der Waals surface area (Å²) in [7, 11) is 1.62. The molecule has 0 saturated heterocycles. The topological polar surface area (TPSA) is 39.9 Å². The molecule has 0 fully saturated rings. The van der Waals surface area contributed by atoms with E-state index in [-0.39, 0.29) is 0 Å². The van der Waals surface area contributed by atoms with Gasteiger partial charge in [-0.2, -0.15) is 0 Å². The standard InChI is InChI=1S/C17H33N3O/c1-17(2,3)13-11-9-7-5-6-8-10-12-14-20-15-16(21-4)18-19-20/h15H,5-14H2,1-4H3. The van der Waals surface area contributed by atoms with Crippen LogP contribution in [0.25, 0.3) is 0 Å². The van der Waals surface area contributed by atoms with Gasteiger partial charge >= 0.3 is 0 Å². The van der Waals surface area contributed by atoms with Crippen molar-refractivity contribution in [3.63, 3.8) is 0 Å². The molecule has 4 nitrogen and oxygen atoms in total. The molecule has 1 rings (SSSR count).